The van der Waals surface area contributed by atoms with Crippen LogP contribution in [0.4, 0.5) is 0 Å². The Hall–Kier alpha value is -1.41. The van der Waals surface area contributed by atoms with E-state index in [1.54, 1.807) is 0 Å². The maximum absolute atomic E-state index is 4.78. The molecule has 1 N–H and O–H groups in total. The van der Waals surface area contributed by atoms with Crippen molar-refractivity contribution in [1.29, 1.82) is 0 Å². The number of nitrogens with one attached hydrogen (secondary N) is 1. The molecule has 2 heteroatoms. The number of hydrogen-bond acceptors (Lipinski definition) is 2. The molecule has 2 aromatic rings. The Bertz CT molecular complexity index is 574. The first-order chi connectivity index (χ1) is 9.72. The van der Waals surface area contributed by atoms with Crippen molar-refractivity contribution in [2.45, 2.75) is 39.2 Å². The summed E-state index contributed by atoms with van der Waals surface area (Å²) in [5, 5.41) is 4.86. The number of fused-ring (bicyclic) bond motifs is 1. The third-order valence-corrected chi connectivity index (χ3v) is 4.46. The Morgan fingerprint density at radius 1 is 1.10 bits per heavy atom. The van der Waals surface area contributed by atoms with Crippen molar-refractivity contribution in [2.75, 3.05) is 6.54 Å². The van der Waals surface area contributed by atoms with Crippen molar-refractivity contribution in [3.8, 4) is 0 Å². The van der Waals surface area contributed by atoms with E-state index in [0.29, 0.717) is 11.8 Å². The summed E-state index contributed by atoms with van der Waals surface area (Å²) in [6.07, 6.45) is 3.80. The van der Waals surface area contributed by atoms with E-state index in [0.717, 1.165) is 24.5 Å². The maximum atomic E-state index is 4.78. The van der Waals surface area contributed by atoms with E-state index in [4.69, 9.17) is 4.98 Å². The first-order valence-electron chi connectivity index (χ1n) is 7.80. The highest BCUT2D eigenvalue weighted by Gasteiger charge is 2.22. The fraction of sp³-hybridized carbons (Fsp3) is 0.500. The van der Waals surface area contributed by atoms with E-state index in [1.807, 2.05) is 0 Å². The Balaban J connectivity index is 1.62. The molecule has 0 aliphatic heterocycles. The molecule has 1 aliphatic rings. The fourth-order valence-electron chi connectivity index (χ4n) is 2.59. The van der Waals surface area contributed by atoms with Gasteiger partial charge in [0, 0.05) is 17.1 Å². The lowest BCUT2D eigenvalue weighted by atomic mass is 9.91. The topological polar surface area (TPSA) is 24.9 Å². The zero-order valence-electron chi connectivity index (χ0n) is 12.5. The lowest BCUT2D eigenvalue weighted by molar-refractivity contribution is 0.362. The van der Waals surface area contributed by atoms with Crippen molar-refractivity contribution < 1.29 is 0 Å². The van der Waals surface area contributed by atoms with Crippen LogP contribution in [0.5, 0.6) is 0 Å². The normalized spacial score (nSPS) is 18.1. The molecule has 2 unspecified atom stereocenters. The molecule has 1 aromatic carbocycles. The zero-order chi connectivity index (χ0) is 13.9. The van der Waals surface area contributed by atoms with Crippen LogP contribution in [0.25, 0.3) is 10.9 Å². The quantitative estimate of drug-likeness (QED) is 0.862. The van der Waals surface area contributed by atoms with Gasteiger partial charge in [-0.25, -0.2) is 0 Å². The number of rotatable bonds is 6. The molecule has 0 saturated heterocycles. The summed E-state index contributed by atoms with van der Waals surface area (Å²) < 4.78 is 0. The van der Waals surface area contributed by atoms with E-state index >= 15 is 0 Å². The van der Waals surface area contributed by atoms with Crippen molar-refractivity contribution in [3.05, 3.63) is 42.1 Å². The lowest BCUT2D eigenvalue weighted by Gasteiger charge is -2.20. The highest BCUT2D eigenvalue weighted by molar-refractivity contribution is 5.78. The molecule has 0 amide bonds. The molecule has 0 spiro atoms. The Morgan fingerprint density at radius 2 is 1.90 bits per heavy atom. The SMILES string of the molecule is CC(CNC1CC1)C(C)Cc1ccc2ccccc2n1. The molecule has 0 radical (unpaired) electrons. The molecule has 2 atom stereocenters. The molecule has 1 aromatic heterocycles. The van der Waals surface area contributed by atoms with Crippen LogP contribution < -0.4 is 5.32 Å². The highest BCUT2D eigenvalue weighted by atomic mass is 14.9. The molecule has 20 heavy (non-hydrogen) atoms. The van der Waals surface area contributed by atoms with Crippen LogP contribution in [0.2, 0.25) is 0 Å². The van der Waals surface area contributed by atoms with E-state index in [-0.39, 0.29) is 0 Å². The summed E-state index contributed by atoms with van der Waals surface area (Å²) in [7, 11) is 0. The van der Waals surface area contributed by atoms with Gasteiger partial charge < -0.3 is 5.32 Å². The van der Waals surface area contributed by atoms with Gasteiger partial charge in [0.25, 0.3) is 0 Å². The zero-order valence-corrected chi connectivity index (χ0v) is 12.5. The van der Waals surface area contributed by atoms with Gasteiger partial charge in [0.2, 0.25) is 0 Å². The average molecular weight is 268 g/mol. The lowest BCUT2D eigenvalue weighted by Crippen LogP contribution is -2.27. The van der Waals surface area contributed by atoms with Crippen LogP contribution in [-0.4, -0.2) is 17.6 Å². The van der Waals surface area contributed by atoms with Crippen LogP contribution in [0, 0.1) is 11.8 Å². The van der Waals surface area contributed by atoms with Crippen molar-refractivity contribution >= 4 is 10.9 Å². The Labute approximate surface area is 121 Å². The van der Waals surface area contributed by atoms with Gasteiger partial charge in [-0.2, -0.15) is 0 Å². The Kier molecular flexibility index (Phi) is 4.02. The minimum Gasteiger partial charge on any atom is -0.314 e. The number of para-hydroxylation sites is 1. The van der Waals surface area contributed by atoms with Gasteiger partial charge >= 0.3 is 0 Å². The summed E-state index contributed by atoms with van der Waals surface area (Å²) in [5.74, 6) is 1.36. The molecule has 3 rings (SSSR count). The van der Waals surface area contributed by atoms with E-state index in [2.05, 4.69) is 55.6 Å². The van der Waals surface area contributed by atoms with E-state index in [1.165, 1.54) is 23.9 Å². The maximum Gasteiger partial charge on any atom is 0.0705 e. The molecule has 1 aliphatic carbocycles. The predicted molar refractivity (Wildman–Crippen MR) is 84.8 cm³/mol. The summed E-state index contributed by atoms with van der Waals surface area (Å²) in [6.45, 7) is 5.83. The molecular weight excluding hydrogens is 244 g/mol. The van der Waals surface area contributed by atoms with Gasteiger partial charge in [-0.05, 0) is 49.8 Å². The van der Waals surface area contributed by atoms with Gasteiger partial charge in [0.1, 0.15) is 0 Å². The summed E-state index contributed by atoms with van der Waals surface area (Å²) in [5.41, 5.74) is 2.33. The van der Waals surface area contributed by atoms with Crippen molar-refractivity contribution in [1.82, 2.24) is 10.3 Å². The highest BCUT2D eigenvalue weighted by Crippen LogP contribution is 2.22. The third-order valence-electron chi connectivity index (χ3n) is 4.46. The van der Waals surface area contributed by atoms with E-state index in [9.17, 15) is 0 Å². The predicted octanol–water partition coefficient (Wildman–Crippen LogP) is 3.80. The first-order valence-corrected chi connectivity index (χ1v) is 7.80. The van der Waals surface area contributed by atoms with Gasteiger partial charge in [-0.1, -0.05) is 38.1 Å². The number of benzene rings is 1. The second kappa shape index (κ2) is 5.92. The number of hydrogen-bond donors (Lipinski definition) is 1. The van der Waals surface area contributed by atoms with Crippen molar-refractivity contribution in [2.24, 2.45) is 11.8 Å². The largest absolute Gasteiger partial charge is 0.314 e. The van der Waals surface area contributed by atoms with Gasteiger partial charge in [0.15, 0.2) is 0 Å². The fourth-order valence-corrected chi connectivity index (χ4v) is 2.59. The molecule has 0 bridgehead atoms. The third kappa shape index (κ3) is 3.37. The number of nitrogens with zero attached hydrogens (tertiary/aromatic N) is 1. The van der Waals surface area contributed by atoms with Crippen molar-refractivity contribution in [3.63, 3.8) is 0 Å². The minimum atomic E-state index is 0.662. The van der Waals surface area contributed by atoms with Crippen LogP contribution in [-0.2, 0) is 6.42 Å². The minimum absolute atomic E-state index is 0.662. The molecule has 1 heterocycles. The summed E-state index contributed by atoms with van der Waals surface area (Å²) >= 11 is 0. The van der Waals surface area contributed by atoms with Gasteiger partial charge in [0.05, 0.1) is 5.52 Å². The van der Waals surface area contributed by atoms with Crippen LogP contribution in [0.1, 0.15) is 32.4 Å². The molecule has 2 nitrogen and oxygen atoms in total. The summed E-state index contributed by atoms with van der Waals surface area (Å²) in [4.78, 5) is 4.78. The second-order valence-corrected chi connectivity index (χ2v) is 6.34. The second-order valence-electron chi connectivity index (χ2n) is 6.34. The van der Waals surface area contributed by atoms with Gasteiger partial charge in [-0.3, -0.25) is 4.98 Å². The first kappa shape index (κ1) is 13.6. The number of pyridine rings is 1. The molecule has 1 fully saturated rings. The average Bonchev–Trinajstić information content (AvgIpc) is 3.28. The van der Waals surface area contributed by atoms with Crippen LogP contribution in [0.3, 0.4) is 0 Å². The molecule has 106 valence electrons. The Morgan fingerprint density at radius 3 is 2.70 bits per heavy atom. The van der Waals surface area contributed by atoms with Crippen LogP contribution >= 0.6 is 0 Å². The van der Waals surface area contributed by atoms with Gasteiger partial charge in [-0.15, -0.1) is 0 Å². The van der Waals surface area contributed by atoms with Crippen LogP contribution in [0.15, 0.2) is 36.4 Å². The molecule has 1 saturated carbocycles. The molecular formula is C18H24N2. The smallest absolute Gasteiger partial charge is 0.0705 e. The monoisotopic (exact) mass is 268 g/mol. The standard InChI is InChI=1S/C18H24N2/c1-13(14(2)12-19-16-9-10-16)11-17-8-7-15-5-3-4-6-18(15)20-17/h3-8,13-14,16,19H,9-12H2,1-2H3. The summed E-state index contributed by atoms with van der Waals surface area (Å²) in [6, 6.07) is 13.5. The number of aromatic nitrogens is 1. The van der Waals surface area contributed by atoms with E-state index < -0.39 is 0 Å².